The SMILES string of the molecule is Cc1cc(-c2nc([C@H]3C[C@@H](c4ccccc4)N4CCC[C@H]34)no2)cc(C)n1. The van der Waals surface area contributed by atoms with Crippen LogP contribution in [-0.2, 0) is 0 Å². The zero-order chi connectivity index (χ0) is 18.4. The van der Waals surface area contributed by atoms with E-state index in [2.05, 4.69) is 45.4 Å². The molecule has 0 amide bonds. The maximum atomic E-state index is 5.66. The van der Waals surface area contributed by atoms with Crippen LogP contribution in [0.2, 0.25) is 0 Å². The van der Waals surface area contributed by atoms with E-state index in [4.69, 9.17) is 9.51 Å². The number of pyridine rings is 1. The van der Waals surface area contributed by atoms with Crippen molar-refractivity contribution < 1.29 is 4.52 Å². The number of fused-ring (bicyclic) bond motifs is 1. The molecule has 2 fully saturated rings. The highest BCUT2D eigenvalue weighted by Crippen LogP contribution is 2.48. The molecule has 0 spiro atoms. The average Bonchev–Trinajstić information content (AvgIpc) is 3.38. The Balaban J connectivity index is 1.46. The molecule has 2 aromatic heterocycles. The second-order valence-corrected chi connectivity index (χ2v) is 7.81. The third-order valence-corrected chi connectivity index (χ3v) is 5.97. The molecule has 0 N–H and O–H groups in total. The van der Waals surface area contributed by atoms with Crippen molar-refractivity contribution in [3.8, 4) is 11.5 Å². The number of hydrogen-bond acceptors (Lipinski definition) is 5. The number of aryl methyl sites for hydroxylation is 2. The van der Waals surface area contributed by atoms with Crippen LogP contribution >= 0.6 is 0 Å². The van der Waals surface area contributed by atoms with Gasteiger partial charge in [-0.1, -0.05) is 35.5 Å². The minimum absolute atomic E-state index is 0.333. The van der Waals surface area contributed by atoms with Gasteiger partial charge in [0.15, 0.2) is 5.82 Å². The topological polar surface area (TPSA) is 55.1 Å². The van der Waals surface area contributed by atoms with E-state index in [1.54, 1.807) is 0 Å². The molecule has 3 atom stereocenters. The summed E-state index contributed by atoms with van der Waals surface area (Å²) < 4.78 is 5.66. The Bertz CT molecular complexity index is 932. The van der Waals surface area contributed by atoms with Crippen molar-refractivity contribution in [2.75, 3.05) is 6.54 Å². The summed E-state index contributed by atoms with van der Waals surface area (Å²) in [6.07, 6.45) is 3.52. The predicted molar refractivity (Wildman–Crippen MR) is 103 cm³/mol. The molecule has 0 unspecified atom stereocenters. The van der Waals surface area contributed by atoms with Gasteiger partial charge in [0.25, 0.3) is 5.89 Å². The third-order valence-electron chi connectivity index (χ3n) is 5.97. The van der Waals surface area contributed by atoms with E-state index in [0.717, 1.165) is 35.7 Å². The zero-order valence-electron chi connectivity index (χ0n) is 15.8. The molecule has 5 nitrogen and oxygen atoms in total. The van der Waals surface area contributed by atoms with Gasteiger partial charge in [0, 0.05) is 35.0 Å². The second kappa shape index (κ2) is 6.57. The summed E-state index contributed by atoms with van der Waals surface area (Å²) in [5.41, 5.74) is 4.30. The van der Waals surface area contributed by atoms with Crippen LogP contribution in [0.1, 0.15) is 54.0 Å². The van der Waals surface area contributed by atoms with Crippen LogP contribution in [0.5, 0.6) is 0 Å². The maximum Gasteiger partial charge on any atom is 0.258 e. The van der Waals surface area contributed by atoms with Gasteiger partial charge in [0.2, 0.25) is 0 Å². The summed E-state index contributed by atoms with van der Waals surface area (Å²) in [5.74, 6) is 1.79. The van der Waals surface area contributed by atoms with Gasteiger partial charge in [-0.3, -0.25) is 9.88 Å². The van der Waals surface area contributed by atoms with Crippen LogP contribution < -0.4 is 0 Å². The Morgan fingerprint density at radius 2 is 1.81 bits per heavy atom. The molecule has 5 heteroatoms. The quantitative estimate of drug-likeness (QED) is 0.691. The minimum atomic E-state index is 0.333. The first-order valence-electron chi connectivity index (χ1n) is 9.79. The van der Waals surface area contributed by atoms with Crippen LogP contribution in [0.3, 0.4) is 0 Å². The van der Waals surface area contributed by atoms with E-state index >= 15 is 0 Å². The first-order chi connectivity index (χ1) is 13.2. The van der Waals surface area contributed by atoms with Gasteiger partial charge in [0.05, 0.1) is 0 Å². The van der Waals surface area contributed by atoms with E-state index in [-0.39, 0.29) is 0 Å². The molecule has 5 rings (SSSR count). The molecule has 0 bridgehead atoms. The van der Waals surface area contributed by atoms with Gasteiger partial charge in [0.1, 0.15) is 0 Å². The van der Waals surface area contributed by atoms with E-state index in [1.165, 1.54) is 18.4 Å². The number of hydrogen-bond donors (Lipinski definition) is 0. The summed E-state index contributed by atoms with van der Waals surface area (Å²) in [4.78, 5) is 11.9. The van der Waals surface area contributed by atoms with Gasteiger partial charge in [-0.05, 0) is 57.4 Å². The first kappa shape index (κ1) is 16.6. The Labute approximate surface area is 159 Å². The Kier molecular flexibility index (Phi) is 4.05. The Hall–Kier alpha value is -2.53. The molecule has 2 saturated heterocycles. The van der Waals surface area contributed by atoms with Crippen LogP contribution in [0.15, 0.2) is 47.0 Å². The lowest BCUT2D eigenvalue weighted by Crippen LogP contribution is -2.27. The number of rotatable bonds is 3. The fourth-order valence-corrected chi connectivity index (χ4v) is 4.91. The van der Waals surface area contributed by atoms with Crippen molar-refractivity contribution >= 4 is 0 Å². The molecular weight excluding hydrogens is 336 g/mol. The molecule has 2 aliphatic rings. The van der Waals surface area contributed by atoms with Crippen molar-refractivity contribution in [1.29, 1.82) is 0 Å². The summed E-state index contributed by atoms with van der Waals surface area (Å²) in [6, 6.07) is 15.8. The third kappa shape index (κ3) is 2.96. The van der Waals surface area contributed by atoms with Crippen molar-refractivity contribution in [3.63, 3.8) is 0 Å². The summed E-state index contributed by atoms with van der Waals surface area (Å²) in [7, 11) is 0. The molecule has 4 heterocycles. The van der Waals surface area contributed by atoms with Gasteiger partial charge < -0.3 is 4.52 Å². The summed E-state index contributed by atoms with van der Waals surface area (Å²) in [6.45, 7) is 5.14. The minimum Gasteiger partial charge on any atom is -0.334 e. The second-order valence-electron chi connectivity index (χ2n) is 7.81. The maximum absolute atomic E-state index is 5.66. The van der Waals surface area contributed by atoms with Gasteiger partial charge in [-0.15, -0.1) is 0 Å². The fourth-order valence-electron chi connectivity index (χ4n) is 4.91. The van der Waals surface area contributed by atoms with Crippen molar-refractivity contribution in [1.82, 2.24) is 20.0 Å². The predicted octanol–water partition coefficient (Wildman–Crippen LogP) is 4.44. The van der Waals surface area contributed by atoms with Crippen LogP contribution in [0.25, 0.3) is 11.5 Å². The number of benzene rings is 1. The highest BCUT2D eigenvalue weighted by molar-refractivity contribution is 5.53. The standard InChI is InChI=1S/C22H24N4O/c1-14-11-17(12-15(2)23-14)22-24-21(25-27-22)18-13-20(16-7-4-3-5-8-16)26-10-6-9-19(18)26/h3-5,7-8,11-12,18-20H,6,9-10,13H2,1-2H3/t18-,19+,20-/m0/s1. The molecule has 1 aromatic carbocycles. The van der Waals surface area contributed by atoms with Crippen molar-refractivity contribution in [3.05, 3.63) is 65.2 Å². The number of nitrogens with zero attached hydrogens (tertiary/aromatic N) is 4. The lowest BCUT2D eigenvalue weighted by molar-refractivity contribution is 0.243. The van der Waals surface area contributed by atoms with Crippen molar-refractivity contribution in [2.45, 2.75) is 51.1 Å². The van der Waals surface area contributed by atoms with E-state index in [1.807, 2.05) is 26.0 Å². The summed E-state index contributed by atoms with van der Waals surface area (Å²) >= 11 is 0. The molecule has 0 radical (unpaired) electrons. The van der Waals surface area contributed by atoms with Crippen LogP contribution in [0, 0.1) is 13.8 Å². The van der Waals surface area contributed by atoms with Gasteiger partial charge in [-0.2, -0.15) is 4.98 Å². The lowest BCUT2D eigenvalue weighted by Gasteiger charge is -2.24. The van der Waals surface area contributed by atoms with Crippen molar-refractivity contribution in [2.24, 2.45) is 0 Å². The smallest absolute Gasteiger partial charge is 0.258 e. The highest BCUT2D eigenvalue weighted by Gasteiger charge is 2.46. The lowest BCUT2D eigenvalue weighted by atomic mass is 9.94. The molecule has 0 saturated carbocycles. The van der Waals surface area contributed by atoms with E-state index in [0.29, 0.717) is 23.9 Å². The molecule has 27 heavy (non-hydrogen) atoms. The van der Waals surface area contributed by atoms with Gasteiger partial charge >= 0.3 is 0 Å². The number of aromatic nitrogens is 3. The Morgan fingerprint density at radius 3 is 2.59 bits per heavy atom. The van der Waals surface area contributed by atoms with Crippen LogP contribution in [0.4, 0.5) is 0 Å². The molecule has 0 aliphatic carbocycles. The molecule has 138 valence electrons. The fraction of sp³-hybridized carbons (Fsp3) is 0.409. The first-order valence-corrected chi connectivity index (χ1v) is 9.79. The van der Waals surface area contributed by atoms with E-state index < -0.39 is 0 Å². The van der Waals surface area contributed by atoms with Gasteiger partial charge in [-0.25, -0.2) is 0 Å². The highest BCUT2D eigenvalue weighted by atomic mass is 16.5. The Morgan fingerprint density at radius 1 is 1.04 bits per heavy atom. The largest absolute Gasteiger partial charge is 0.334 e. The molecule has 3 aromatic rings. The average molecular weight is 360 g/mol. The van der Waals surface area contributed by atoms with E-state index in [9.17, 15) is 0 Å². The van der Waals surface area contributed by atoms with Crippen LogP contribution in [-0.4, -0.2) is 32.6 Å². The summed E-state index contributed by atoms with van der Waals surface area (Å²) in [5, 5.41) is 4.39. The molecule has 2 aliphatic heterocycles. The molecular formula is C22H24N4O. The normalized spacial score (nSPS) is 25.0. The monoisotopic (exact) mass is 360 g/mol. The zero-order valence-corrected chi connectivity index (χ0v) is 15.8.